The SMILES string of the molecule is CC[C@H](C)Nc1nc(Nc2ccc3sc(C)nc3c2)cc(-c2ccccn2)n1. The maximum Gasteiger partial charge on any atom is 0.225 e. The van der Waals surface area contributed by atoms with Crippen molar-refractivity contribution >= 4 is 39.0 Å². The normalized spacial score (nSPS) is 12.1. The van der Waals surface area contributed by atoms with E-state index in [0.717, 1.165) is 34.0 Å². The molecule has 0 spiro atoms. The van der Waals surface area contributed by atoms with E-state index in [1.165, 1.54) is 4.70 Å². The molecular formula is C21H22N6S. The fraction of sp³-hybridized carbons (Fsp3) is 0.238. The summed E-state index contributed by atoms with van der Waals surface area (Å²) in [4.78, 5) is 18.3. The number of pyridine rings is 1. The highest BCUT2D eigenvalue weighted by molar-refractivity contribution is 7.18. The second kappa shape index (κ2) is 7.90. The van der Waals surface area contributed by atoms with E-state index in [2.05, 4.69) is 50.5 Å². The van der Waals surface area contributed by atoms with Crippen LogP contribution in [0.15, 0.2) is 48.7 Å². The van der Waals surface area contributed by atoms with E-state index in [1.54, 1.807) is 17.5 Å². The predicted molar refractivity (Wildman–Crippen MR) is 116 cm³/mol. The molecule has 0 unspecified atom stereocenters. The van der Waals surface area contributed by atoms with E-state index in [4.69, 9.17) is 0 Å². The maximum atomic E-state index is 4.65. The first-order valence-corrected chi connectivity index (χ1v) is 10.1. The van der Waals surface area contributed by atoms with Crippen LogP contribution in [0.2, 0.25) is 0 Å². The highest BCUT2D eigenvalue weighted by atomic mass is 32.1. The van der Waals surface area contributed by atoms with Crippen molar-refractivity contribution in [1.82, 2.24) is 19.9 Å². The van der Waals surface area contributed by atoms with Gasteiger partial charge in [0.25, 0.3) is 0 Å². The highest BCUT2D eigenvalue weighted by Crippen LogP contribution is 2.27. The number of thiazole rings is 1. The van der Waals surface area contributed by atoms with Crippen LogP contribution in [0.4, 0.5) is 17.5 Å². The lowest BCUT2D eigenvalue weighted by atomic mass is 10.2. The zero-order chi connectivity index (χ0) is 19.5. The average Bonchev–Trinajstić information content (AvgIpc) is 3.07. The first-order valence-electron chi connectivity index (χ1n) is 9.32. The Morgan fingerprint density at radius 1 is 1.04 bits per heavy atom. The molecule has 4 aromatic rings. The minimum atomic E-state index is 0.279. The van der Waals surface area contributed by atoms with Gasteiger partial charge in [0.05, 0.1) is 26.6 Å². The summed E-state index contributed by atoms with van der Waals surface area (Å²) < 4.78 is 1.18. The molecule has 0 bridgehead atoms. The second-order valence-corrected chi connectivity index (χ2v) is 7.91. The Balaban J connectivity index is 1.70. The monoisotopic (exact) mass is 390 g/mol. The molecule has 7 heteroatoms. The average molecular weight is 391 g/mol. The number of hydrogen-bond acceptors (Lipinski definition) is 7. The lowest BCUT2D eigenvalue weighted by molar-refractivity contribution is 0.753. The summed E-state index contributed by atoms with van der Waals surface area (Å²) in [6.07, 6.45) is 2.75. The quantitative estimate of drug-likeness (QED) is 0.458. The molecule has 142 valence electrons. The zero-order valence-electron chi connectivity index (χ0n) is 16.1. The number of nitrogens with zero attached hydrogens (tertiary/aromatic N) is 4. The van der Waals surface area contributed by atoms with Crippen LogP contribution in [-0.4, -0.2) is 26.0 Å². The van der Waals surface area contributed by atoms with Crippen molar-refractivity contribution in [3.63, 3.8) is 0 Å². The number of fused-ring (bicyclic) bond motifs is 1. The van der Waals surface area contributed by atoms with E-state index in [9.17, 15) is 0 Å². The van der Waals surface area contributed by atoms with E-state index >= 15 is 0 Å². The van der Waals surface area contributed by atoms with Gasteiger partial charge in [-0.1, -0.05) is 13.0 Å². The summed E-state index contributed by atoms with van der Waals surface area (Å²) in [5.41, 5.74) is 3.52. The molecule has 0 fully saturated rings. The van der Waals surface area contributed by atoms with Gasteiger partial charge in [0.15, 0.2) is 0 Å². The molecule has 4 rings (SSSR count). The number of rotatable bonds is 6. The minimum Gasteiger partial charge on any atom is -0.352 e. The molecule has 6 nitrogen and oxygen atoms in total. The summed E-state index contributed by atoms with van der Waals surface area (Å²) in [6, 6.07) is 14.2. The Labute approximate surface area is 168 Å². The van der Waals surface area contributed by atoms with Crippen molar-refractivity contribution in [3.8, 4) is 11.4 Å². The van der Waals surface area contributed by atoms with Gasteiger partial charge in [0.2, 0.25) is 5.95 Å². The molecule has 1 aromatic carbocycles. The first-order chi connectivity index (χ1) is 13.6. The lowest BCUT2D eigenvalue weighted by Gasteiger charge is -2.14. The molecule has 3 heterocycles. The molecular weight excluding hydrogens is 368 g/mol. The van der Waals surface area contributed by atoms with Crippen molar-refractivity contribution in [1.29, 1.82) is 0 Å². The topological polar surface area (TPSA) is 75.6 Å². The Bertz CT molecular complexity index is 1090. The Hall–Kier alpha value is -3.06. The lowest BCUT2D eigenvalue weighted by Crippen LogP contribution is -2.16. The van der Waals surface area contributed by atoms with Gasteiger partial charge >= 0.3 is 0 Å². The largest absolute Gasteiger partial charge is 0.352 e. The fourth-order valence-corrected chi connectivity index (χ4v) is 3.62. The molecule has 0 aliphatic heterocycles. The summed E-state index contributed by atoms with van der Waals surface area (Å²) in [7, 11) is 0. The standard InChI is InChI=1S/C21H22N6S/c1-4-13(2)23-21-26-17(16-7-5-6-10-22-16)12-20(27-21)25-15-8-9-19-18(11-15)24-14(3)28-19/h5-13H,4H2,1-3H3,(H2,23,25,26,27)/t13-/m0/s1. The number of aryl methyl sites for hydroxylation is 1. The molecule has 0 saturated carbocycles. The van der Waals surface area contributed by atoms with E-state index in [1.807, 2.05) is 43.3 Å². The van der Waals surface area contributed by atoms with E-state index < -0.39 is 0 Å². The van der Waals surface area contributed by atoms with Gasteiger partial charge in [-0.2, -0.15) is 4.98 Å². The number of benzene rings is 1. The van der Waals surface area contributed by atoms with Gasteiger partial charge in [-0.15, -0.1) is 11.3 Å². The minimum absolute atomic E-state index is 0.279. The summed E-state index contributed by atoms with van der Waals surface area (Å²) in [6.45, 7) is 6.26. The van der Waals surface area contributed by atoms with E-state index in [-0.39, 0.29) is 6.04 Å². The van der Waals surface area contributed by atoms with Crippen LogP contribution in [0.1, 0.15) is 25.3 Å². The number of aromatic nitrogens is 4. The molecule has 2 N–H and O–H groups in total. The van der Waals surface area contributed by atoms with Crippen LogP contribution in [0, 0.1) is 6.92 Å². The number of anilines is 3. The molecule has 0 aliphatic carbocycles. The van der Waals surface area contributed by atoms with Crippen molar-refractivity contribution in [2.75, 3.05) is 10.6 Å². The van der Waals surface area contributed by atoms with Crippen molar-refractivity contribution < 1.29 is 0 Å². The molecule has 0 saturated heterocycles. The molecule has 3 aromatic heterocycles. The zero-order valence-corrected chi connectivity index (χ0v) is 16.9. The van der Waals surface area contributed by atoms with Crippen molar-refractivity contribution in [2.45, 2.75) is 33.2 Å². The van der Waals surface area contributed by atoms with Crippen LogP contribution in [-0.2, 0) is 0 Å². The Morgan fingerprint density at radius 3 is 2.71 bits per heavy atom. The predicted octanol–water partition coefficient (Wildman–Crippen LogP) is 5.41. The molecule has 1 atom stereocenters. The third-order valence-corrected chi connectivity index (χ3v) is 5.36. The van der Waals surface area contributed by atoms with Crippen LogP contribution in [0.5, 0.6) is 0 Å². The fourth-order valence-electron chi connectivity index (χ4n) is 2.81. The first kappa shape index (κ1) is 18.3. The summed E-state index contributed by atoms with van der Waals surface area (Å²) in [5, 5.41) is 7.81. The summed E-state index contributed by atoms with van der Waals surface area (Å²) >= 11 is 1.70. The van der Waals surface area contributed by atoms with Crippen LogP contribution < -0.4 is 10.6 Å². The maximum absolute atomic E-state index is 4.65. The molecule has 0 aliphatic rings. The van der Waals surface area contributed by atoms with Crippen LogP contribution in [0.3, 0.4) is 0 Å². The third kappa shape index (κ3) is 4.09. The van der Waals surface area contributed by atoms with Gasteiger partial charge in [-0.05, 0) is 50.6 Å². The number of nitrogens with one attached hydrogen (secondary N) is 2. The van der Waals surface area contributed by atoms with Crippen LogP contribution >= 0.6 is 11.3 Å². The Morgan fingerprint density at radius 2 is 1.93 bits per heavy atom. The van der Waals surface area contributed by atoms with Crippen molar-refractivity contribution in [3.05, 3.63) is 53.7 Å². The smallest absolute Gasteiger partial charge is 0.225 e. The van der Waals surface area contributed by atoms with Gasteiger partial charge < -0.3 is 10.6 Å². The van der Waals surface area contributed by atoms with Gasteiger partial charge in [0.1, 0.15) is 5.82 Å². The second-order valence-electron chi connectivity index (χ2n) is 6.67. The highest BCUT2D eigenvalue weighted by Gasteiger charge is 2.10. The van der Waals surface area contributed by atoms with Gasteiger partial charge in [-0.25, -0.2) is 9.97 Å². The summed E-state index contributed by atoms with van der Waals surface area (Å²) in [5.74, 6) is 1.30. The van der Waals surface area contributed by atoms with Gasteiger partial charge in [0, 0.05) is 24.0 Å². The van der Waals surface area contributed by atoms with Crippen molar-refractivity contribution in [2.24, 2.45) is 0 Å². The molecule has 28 heavy (non-hydrogen) atoms. The molecule has 0 radical (unpaired) electrons. The van der Waals surface area contributed by atoms with E-state index in [0.29, 0.717) is 11.8 Å². The number of hydrogen-bond donors (Lipinski definition) is 2. The van der Waals surface area contributed by atoms with Gasteiger partial charge in [-0.3, -0.25) is 4.98 Å². The Kier molecular flexibility index (Phi) is 5.16. The van der Waals surface area contributed by atoms with Crippen LogP contribution in [0.25, 0.3) is 21.6 Å². The molecule has 0 amide bonds. The third-order valence-electron chi connectivity index (χ3n) is 4.41.